The van der Waals surface area contributed by atoms with E-state index in [2.05, 4.69) is 39.8 Å². The molecule has 0 N–H and O–H groups in total. The molecule has 0 saturated heterocycles. The van der Waals surface area contributed by atoms with E-state index < -0.39 is 0 Å². The lowest BCUT2D eigenvalue weighted by molar-refractivity contribution is 0.342. The molecule has 0 aromatic carbocycles. The Morgan fingerprint density at radius 2 is 1.56 bits per heavy atom. The predicted octanol–water partition coefficient (Wildman–Crippen LogP) is 4.57. The third kappa shape index (κ3) is 10.5. The summed E-state index contributed by atoms with van der Waals surface area (Å²) >= 11 is 0. The molecule has 0 spiro atoms. The number of rotatable bonds is 10. The van der Waals surface area contributed by atoms with Crippen LogP contribution in [0, 0.1) is 11.8 Å². The second-order valence-electron chi connectivity index (χ2n) is 5.92. The van der Waals surface area contributed by atoms with E-state index in [1.54, 1.807) is 0 Å². The fraction of sp³-hybridized carbons (Fsp3) is 1.00. The van der Waals surface area contributed by atoms with Crippen LogP contribution in [0.2, 0.25) is 0 Å². The van der Waals surface area contributed by atoms with Crippen LogP contribution < -0.4 is 0 Å². The van der Waals surface area contributed by atoms with E-state index in [1.165, 1.54) is 51.5 Å². The highest BCUT2D eigenvalue weighted by Gasteiger charge is 2.08. The average molecular weight is 227 g/mol. The van der Waals surface area contributed by atoms with Crippen molar-refractivity contribution in [3.05, 3.63) is 0 Å². The lowest BCUT2D eigenvalue weighted by atomic mass is 9.90. The summed E-state index contributed by atoms with van der Waals surface area (Å²) in [7, 11) is 4.34. The second-order valence-corrected chi connectivity index (χ2v) is 5.92. The fourth-order valence-corrected chi connectivity index (χ4v) is 2.27. The van der Waals surface area contributed by atoms with Gasteiger partial charge in [-0.15, -0.1) is 0 Å². The molecule has 0 aromatic heterocycles. The quantitative estimate of drug-likeness (QED) is 0.494. The fourth-order valence-electron chi connectivity index (χ4n) is 2.27. The lowest BCUT2D eigenvalue weighted by Crippen LogP contribution is -2.13. The van der Waals surface area contributed by atoms with Crippen LogP contribution in [0.5, 0.6) is 0 Å². The van der Waals surface area contributed by atoms with Gasteiger partial charge in [0.05, 0.1) is 0 Å². The zero-order valence-electron chi connectivity index (χ0n) is 12.3. The molecule has 98 valence electrons. The highest BCUT2D eigenvalue weighted by molar-refractivity contribution is 4.61. The maximum atomic E-state index is 2.34. The van der Waals surface area contributed by atoms with Gasteiger partial charge < -0.3 is 4.90 Å². The van der Waals surface area contributed by atoms with E-state index >= 15 is 0 Å². The first-order valence-corrected chi connectivity index (χ1v) is 7.21. The minimum absolute atomic E-state index is 0.876. The Morgan fingerprint density at radius 1 is 0.875 bits per heavy atom. The summed E-state index contributed by atoms with van der Waals surface area (Å²) in [5, 5.41) is 0. The molecular formula is C15H33N. The molecule has 1 atom stereocenters. The highest BCUT2D eigenvalue weighted by Crippen LogP contribution is 2.22. The molecule has 0 rings (SSSR count). The number of hydrogen-bond acceptors (Lipinski definition) is 1. The van der Waals surface area contributed by atoms with Crippen LogP contribution in [0.4, 0.5) is 0 Å². The Kier molecular flexibility index (Phi) is 10.1. The van der Waals surface area contributed by atoms with E-state index in [9.17, 15) is 0 Å². The van der Waals surface area contributed by atoms with Crippen LogP contribution >= 0.6 is 0 Å². The van der Waals surface area contributed by atoms with Crippen LogP contribution in [-0.4, -0.2) is 25.5 Å². The molecule has 16 heavy (non-hydrogen) atoms. The largest absolute Gasteiger partial charge is 0.309 e. The van der Waals surface area contributed by atoms with E-state index in [1.807, 2.05) is 0 Å². The summed E-state index contributed by atoms with van der Waals surface area (Å²) in [6, 6.07) is 0. The second kappa shape index (κ2) is 10.1. The standard InChI is InChI=1S/C15H33N/c1-6-9-15(12-11-14(2)3)10-7-8-13-16(4)5/h14-15H,6-13H2,1-5H3. The van der Waals surface area contributed by atoms with Gasteiger partial charge in [0.2, 0.25) is 0 Å². The molecule has 0 radical (unpaired) electrons. The van der Waals surface area contributed by atoms with Gasteiger partial charge in [0.1, 0.15) is 0 Å². The third-order valence-corrected chi connectivity index (χ3v) is 3.32. The van der Waals surface area contributed by atoms with Crippen LogP contribution in [0.25, 0.3) is 0 Å². The van der Waals surface area contributed by atoms with E-state index in [-0.39, 0.29) is 0 Å². The molecule has 0 fully saturated rings. The van der Waals surface area contributed by atoms with Gasteiger partial charge in [-0.2, -0.15) is 0 Å². The van der Waals surface area contributed by atoms with Gasteiger partial charge in [-0.25, -0.2) is 0 Å². The molecular weight excluding hydrogens is 194 g/mol. The molecule has 0 aromatic rings. The molecule has 0 aliphatic carbocycles. The van der Waals surface area contributed by atoms with Crippen molar-refractivity contribution in [3.63, 3.8) is 0 Å². The van der Waals surface area contributed by atoms with Crippen molar-refractivity contribution >= 4 is 0 Å². The van der Waals surface area contributed by atoms with Crippen LogP contribution in [-0.2, 0) is 0 Å². The average Bonchev–Trinajstić information content (AvgIpc) is 2.20. The Labute approximate surface area is 104 Å². The molecule has 1 unspecified atom stereocenters. The van der Waals surface area contributed by atoms with Crippen molar-refractivity contribution in [2.75, 3.05) is 20.6 Å². The first-order valence-electron chi connectivity index (χ1n) is 7.21. The monoisotopic (exact) mass is 227 g/mol. The molecule has 1 nitrogen and oxygen atoms in total. The Balaban J connectivity index is 3.59. The molecule has 1 heteroatoms. The van der Waals surface area contributed by atoms with Gasteiger partial charge in [0.15, 0.2) is 0 Å². The third-order valence-electron chi connectivity index (χ3n) is 3.32. The Bertz CT molecular complexity index is 140. The summed E-state index contributed by atoms with van der Waals surface area (Å²) in [4.78, 5) is 2.29. The van der Waals surface area contributed by atoms with Crippen molar-refractivity contribution in [1.82, 2.24) is 4.90 Å². The first kappa shape index (κ1) is 16.0. The molecule has 0 heterocycles. The number of unbranched alkanes of at least 4 members (excludes halogenated alkanes) is 1. The van der Waals surface area contributed by atoms with Crippen molar-refractivity contribution < 1.29 is 0 Å². The normalized spacial score (nSPS) is 13.7. The van der Waals surface area contributed by atoms with Crippen LogP contribution in [0.3, 0.4) is 0 Å². The smallest absolute Gasteiger partial charge is 0.00248 e. The minimum Gasteiger partial charge on any atom is -0.309 e. The van der Waals surface area contributed by atoms with Crippen LogP contribution in [0.15, 0.2) is 0 Å². The topological polar surface area (TPSA) is 3.24 Å². The molecule has 0 amide bonds. The summed E-state index contributed by atoms with van der Waals surface area (Å²) in [5.41, 5.74) is 0. The lowest BCUT2D eigenvalue weighted by Gasteiger charge is -2.18. The Hall–Kier alpha value is -0.0400. The van der Waals surface area contributed by atoms with Gasteiger partial charge in [0.25, 0.3) is 0 Å². The van der Waals surface area contributed by atoms with Gasteiger partial charge in [-0.1, -0.05) is 59.3 Å². The molecule has 0 aliphatic rings. The van der Waals surface area contributed by atoms with Crippen molar-refractivity contribution in [1.29, 1.82) is 0 Å². The minimum atomic E-state index is 0.876. The summed E-state index contributed by atoms with van der Waals surface area (Å²) in [5.74, 6) is 1.87. The molecule has 0 bridgehead atoms. The number of hydrogen-bond donors (Lipinski definition) is 0. The van der Waals surface area contributed by atoms with Gasteiger partial charge in [0, 0.05) is 0 Å². The Morgan fingerprint density at radius 3 is 2.06 bits per heavy atom. The molecule has 0 aliphatic heterocycles. The summed E-state index contributed by atoms with van der Waals surface area (Å²) < 4.78 is 0. The summed E-state index contributed by atoms with van der Waals surface area (Å²) in [6.07, 6.45) is 9.90. The van der Waals surface area contributed by atoms with E-state index in [0.29, 0.717) is 0 Å². The highest BCUT2D eigenvalue weighted by atomic mass is 15.0. The zero-order valence-corrected chi connectivity index (χ0v) is 12.3. The van der Waals surface area contributed by atoms with Crippen molar-refractivity contribution in [2.45, 2.75) is 65.7 Å². The maximum Gasteiger partial charge on any atom is -0.00248 e. The number of nitrogens with zero attached hydrogens (tertiary/aromatic N) is 1. The van der Waals surface area contributed by atoms with Gasteiger partial charge >= 0.3 is 0 Å². The predicted molar refractivity (Wildman–Crippen MR) is 74.9 cm³/mol. The van der Waals surface area contributed by atoms with Crippen molar-refractivity contribution in [3.8, 4) is 0 Å². The van der Waals surface area contributed by atoms with Crippen LogP contribution in [0.1, 0.15) is 65.7 Å². The maximum absolute atomic E-state index is 2.34. The van der Waals surface area contributed by atoms with Gasteiger partial charge in [-0.05, 0) is 38.9 Å². The van der Waals surface area contributed by atoms with Crippen molar-refractivity contribution in [2.24, 2.45) is 11.8 Å². The van der Waals surface area contributed by atoms with E-state index in [0.717, 1.165) is 11.8 Å². The first-order chi connectivity index (χ1) is 7.56. The van der Waals surface area contributed by atoms with Gasteiger partial charge in [-0.3, -0.25) is 0 Å². The zero-order chi connectivity index (χ0) is 12.4. The van der Waals surface area contributed by atoms with E-state index in [4.69, 9.17) is 0 Å². The summed E-state index contributed by atoms with van der Waals surface area (Å²) in [6.45, 7) is 8.26. The SMILES string of the molecule is CCCC(CCCCN(C)C)CCC(C)C. The molecule has 0 saturated carbocycles.